The van der Waals surface area contributed by atoms with E-state index in [9.17, 15) is 4.79 Å². The van der Waals surface area contributed by atoms with Crippen molar-refractivity contribution in [1.29, 1.82) is 0 Å². The van der Waals surface area contributed by atoms with Crippen molar-refractivity contribution in [2.75, 3.05) is 25.4 Å². The lowest BCUT2D eigenvalue weighted by Gasteiger charge is -2.36. The highest BCUT2D eigenvalue weighted by atomic mass is 32.2. The van der Waals surface area contributed by atoms with E-state index >= 15 is 0 Å². The number of amides is 1. The fraction of sp³-hybridized carbons (Fsp3) is 0.368. The minimum Gasteiger partial charge on any atom is -0.333 e. The fourth-order valence-electron chi connectivity index (χ4n) is 2.91. The zero-order valence-corrected chi connectivity index (χ0v) is 14.8. The number of carbonyl (C=O) groups excluding carboxylic acids is 1. The number of carbonyl (C=O) groups is 1. The third-order valence-corrected chi connectivity index (χ3v) is 5.25. The summed E-state index contributed by atoms with van der Waals surface area (Å²) < 4.78 is 0. The molecule has 0 bridgehead atoms. The molecule has 2 heterocycles. The summed E-state index contributed by atoms with van der Waals surface area (Å²) >= 11 is 1.74. The molecule has 0 spiro atoms. The van der Waals surface area contributed by atoms with Gasteiger partial charge in [-0.3, -0.25) is 9.78 Å². The van der Waals surface area contributed by atoms with Crippen LogP contribution in [-0.2, 0) is 4.79 Å². The molecule has 1 N–H and O–H groups in total. The minimum absolute atomic E-state index is 0.0873. The van der Waals surface area contributed by atoms with Crippen LogP contribution in [0.25, 0.3) is 0 Å². The van der Waals surface area contributed by atoms with Crippen LogP contribution >= 0.6 is 11.8 Å². The Morgan fingerprint density at radius 1 is 1.33 bits per heavy atom. The number of benzene rings is 1. The van der Waals surface area contributed by atoms with Crippen LogP contribution in [0.15, 0.2) is 53.7 Å². The van der Waals surface area contributed by atoms with Gasteiger partial charge in [0.25, 0.3) is 0 Å². The Bertz CT molecular complexity index is 660. The van der Waals surface area contributed by atoms with E-state index in [2.05, 4.69) is 41.5 Å². The topological polar surface area (TPSA) is 45.2 Å². The highest BCUT2D eigenvalue weighted by molar-refractivity contribution is 7.99. The summed E-state index contributed by atoms with van der Waals surface area (Å²) in [6.07, 6.45) is 4.19. The monoisotopic (exact) mass is 341 g/mol. The van der Waals surface area contributed by atoms with E-state index in [0.717, 1.165) is 31.0 Å². The van der Waals surface area contributed by atoms with Crippen molar-refractivity contribution in [2.24, 2.45) is 0 Å². The van der Waals surface area contributed by atoms with Crippen molar-refractivity contribution in [3.05, 3.63) is 59.9 Å². The summed E-state index contributed by atoms with van der Waals surface area (Å²) in [7, 11) is 0. The Morgan fingerprint density at radius 3 is 2.92 bits per heavy atom. The van der Waals surface area contributed by atoms with E-state index in [1.807, 2.05) is 23.2 Å². The van der Waals surface area contributed by atoms with Crippen LogP contribution in [-0.4, -0.2) is 41.2 Å². The molecule has 1 aliphatic heterocycles. The van der Waals surface area contributed by atoms with E-state index < -0.39 is 0 Å². The average molecular weight is 341 g/mol. The predicted octanol–water partition coefficient (Wildman–Crippen LogP) is 3.05. The summed E-state index contributed by atoms with van der Waals surface area (Å²) in [4.78, 5) is 20.1. The van der Waals surface area contributed by atoms with Crippen LogP contribution in [0.3, 0.4) is 0 Å². The SMILES string of the molecule is Cc1ccc(SCCC(=O)N2CCNCC2c2cccnc2)cc1. The first-order valence-electron chi connectivity index (χ1n) is 8.33. The van der Waals surface area contributed by atoms with Crippen molar-refractivity contribution < 1.29 is 4.79 Å². The third-order valence-electron chi connectivity index (χ3n) is 4.24. The molecule has 24 heavy (non-hydrogen) atoms. The first kappa shape index (κ1) is 17.0. The van der Waals surface area contributed by atoms with Gasteiger partial charge in [-0.2, -0.15) is 0 Å². The number of hydrogen-bond donors (Lipinski definition) is 1. The number of pyridine rings is 1. The molecule has 0 radical (unpaired) electrons. The Kier molecular flexibility index (Phi) is 5.88. The molecule has 1 fully saturated rings. The van der Waals surface area contributed by atoms with Gasteiger partial charge in [0.1, 0.15) is 0 Å². The van der Waals surface area contributed by atoms with Gasteiger partial charge in [-0.15, -0.1) is 11.8 Å². The van der Waals surface area contributed by atoms with Crippen LogP contribution in [0.2, 0.25) is 0 Å². The third kappa shape index (κ3) is 4.36. The van der Waals surface area contributed by atoms with Crippen molar-refractivity contribution in [1.82, 2.24) is 15.2 Å². The van der Waals surface area contributed by atoms with Crippen molar-refractivity contribution >= 4 is 17.7 Å². The number of thioether (sulfide) groups is 1. The maximum atomic E-state index is 12.7. The Labute approximate surface area is 147 Å². The molecule has 1 amide bonds. The summed E-state index contributed by atoms with van der Waals surface area (Å²) in [5, 5.41) is 3.38. The zero-order valence-electron chi connectivity index (χ0n) is 13.9. The molecular weight excluding hydrogens is 318 g/mol. The summed E-state index contributed by atoms with van der Waals surface area (Å²) in [5.41, 5.74) is 2.36. The van der Waals surface area contributed by atoms with Gasteiger partial charge in [-0.05, 0) is 30.7 Å². The molecular formula is C19H23N3OS. The van der Waals surface area contributed by atoms with Gasteiger partial charge >= 0.3 is 0 Å². The molecule has 126 valence electrons. The standard InChI is InChI=1S/C19H23N3OS/c1-15-4-6-17(7-5-15)24-12-8-19(23)22-11-10-21-14-18(22)16-3-2-9-20-13-16/h2-7,9,13,18,21H,8,10-12,14H2,1H3. The Balaban J connectivity index is 1.57. The number of piperazine rings is 1. The van der Waals surface area contributed by atoms with Gasteiger partial charge < -0.3 is 10.2 Å². The Morgan fingerprint density at radius 2 is 2.17 bits per heavy atom. The van der Waals surface area contributed by atoms with E-state index in [1.165, 1.54) is 10.5 Å². The first-order valence-corrected chi connectivity index (χ1v) is 9.32. The number of aromatic nitrogens is 1. The van der Waals surface area contributed by atoms with Crippen LogP contribution in [0.4, 0.5) is 0 Å². The van der Waals surface area contributed by atoms with Gasteiger partial charge in [-0.1, -0.05) is 23.8 Å². The van der Waals surface area contributed by atoms with Crippen LogP contribution in [0.1, 0.15) is 23.6 Å². The minimum atomic E-state index is 0.0873. The number of nitrogens with one attached hydrogen (secondary N) is 1. The molecule has 1 atom stereocenters. The fourth-order valence-corrected chi connectivity index (χ4v) is 3.75. The van der Waals surface area contributed by atoms with Gasteiger partial charge in [-0.25, -0.2) is 0 Å². The van der Waals surface area contributed by atoms with Gasteiger partial charge in [0.05, 0.1) is 6.04 Å². The maximum absolute atomic E-state index is 12.7. The van der Waals surface area contributed by atoms with Crippen molar-refractivity contribution in [2.45, 2.75) is 24.3 Å². The van der Waals surface area contributed by atoms with Gasteiger partial charge in [0.15, 0.2) is 0 Å². The first-order chi connectivity index (χ1) is 11.7. The highest BCUT2D eigenvalue weighted by Crippen LogP contribution is 2.24. The number of rotatable bonds is 5. The summed E-state index contributed by atoms with van der Waals surface area (Å²) in [6, 6.07) is 12.5. The zero-order chi connectivity index (χ0) is 16.8. The predicted molar refractivity (Wildman–Crippen MR) is 98.1 cm³/mol. The Hall–Kier alpha value is -1.85. The van der Waals surface area contributed by atoms with Crippen LogP contribution < -0.4 is 5.32 Å². The van der Waals surface area contributed by atoms with Gasteiger partial charge in [0, 0.05) is 49.1 Å². The van der Waals surface area contributed by atoms with E-state index in [4.69, 9.17) is 0 Å². The molecule has 2 aromatic rings. The summed E-state index contributed by atoms with van der Waals surface area (Å²) in [5.74, 6) is 1.04. The number of aryl methyl sites for hydroxylation is 1. The lowest BCUT2D eigenvalue weighted by Crippen LogP contribution is -2.48. The number of nitrogens with zero attached hydrogens (tertiary/aromatic N) is 2. The molecule has 4 nitrogen and oxygen atoms in total. The normalized spacial score (nSPS) is 17.7. The maximum Gasteiger partial charge on any atom is 0.224 e. The van der Waals surface area contributed by atoms with Crippen molar-refractivity contribution in [3.63, 3.8) is 0 Å². The second-order valence-corrected chi connectivity index (χ2v) is 7.17. The molecule has 3 rings (SSSR count). The highest BCUT2D eigenvalue weighted by Gasteiger charge is 2.27. The lowest BCUT2D eigenvalue weighted by molar-refractivity contribution is -0.134. The molecule has 5 heteroatoms. The molecule has 0 saturated carbocycles. The van der Waals surface area contributed by atoms with Crippen LogP contribution in [0, 0.1) is 6.92 Å². The average Bonchev–Trinajstić information content (AvgIpc) is 2.64. The van der Waals surface area contributed by atoms with Crippen LogP contribution in [0.5, 0.6) is 0 Å². The van der Waals surface area contributed by atoms with Gasteiger partial charge in [0.2, 0.25) is 5.91 Å². The quantitative estimate of drug-likeness (QED) is 0.849. The van der Waals surface area contributed by atoms with Crippen molar-refractivity contribution in [3.8, 4) is 0 Å². The summed E-state index contributed by atoms with van der Waals surface area (Å²) in [6.45, 7) is 4.49. The molecule has 1 saturated heterocycles. The molecule has 0 aliphatic carbocycles. The van der Waals surface area contributed by atoms with E-state index in [-0.39, 0.29) is 11.9 Å². The smallest absolute Gasteiger partial charge is 0.224 e. The molecule has 1 aliphatic rings. The second-order valence-electron chi connectivity index (χ2n) is 6.00. The molecule has 1 unspecified atom stereocenters. The second kappa shape index (κ2) is 8.31. The lowest BCUT2D eigenvalue weighted by atomic mass is 10.1. The molecule has 1 aromatic heterocycles. The molecule has 1 aromatic carbocycles. The van der Waals surface area contributed by atoms with E-state index in [0.29, 0.717) is 6.42 Å². The largest absolute Gasteiger partial charge is 0.333 e. The van der Waals surface area contributed by atoms with E-state index in [1.54, 1.807) is 18.0 Å². The number of hydrogen-bond acceptors (Lipinski definition) is 4.